The molecule has 0 heterocycles. The molecule has 1 N–H and O–H groups in total. The molecule has 3 nitrogen and oxygen atoms in total. The molecule has 0 saturated carbocycles. The Hall–Kier alpha value is -1.37. The first-order valence-corrected chi connectivity index (χ1v) is 7.17. The normalized spacial score (nSPS) is 19.5. The molecule has 1 aliphatic rings. The summed E-state index contributed by atoms with van der Waals surface area (Å²) in [5, 5.41) is 12.3. The number of benzene rings is 1. The Kier molecular flexibility index (Phi) is 5.38. The Bertz CT molecular complexity index is 439. The molecule has 1 aromatic rings. The second-order valence-corrected chi connectivity index (χ2v) is 5.05. The highest BCUT2D eigenvalue weighted by atomic mass is 16.5. The largest absolute Gasteiger partial charge is 0.371 e. The number of nitrogens with zero attached hydrogens (tertiary/aromatic N) is 1. The summed E-state index contributed by atoms with van der Waals surface area (Å²) in [6.07, 6.45) is 4.56. The number of ether oxygens (including phenoxy) is 1. The van der Waals surface area contributed by atoms with Crippen molar-refractivity contribution in [3.05, 3.63) is 35.4 Å². The van der Waals surface area contributed by atoms with Gasteiger partial charge in [0.2, 0.25) is 0 Å². The summed E-state index contributed by atoms with van der Waals surface area (Å²) < 4.78 is 5.97. The first-order valence-electron chi connectivity index (χ1n) is 7.17. The number of nitriles is 1. The van der Waals surface area contributed by atoms with E-state index in [-0.39, 0.29) is 12.1 Å². The number of hydrogen-bond acceptors (Lipinski definition) is 3. The summed E-state index contributed by atoms with van der Waals surface area (Å²) in [5.41, 5.74) is 2.70. The zero-order chi connectivity index (χ0) is 13.5. The molecule has 1 aliphatic carbocycles. The van der Waals surface area contributed by atoms with Gasteiger partial charge >= 0.3 is 0 Å². The SMILES string of the molecule is CCCNC(C#N)COC1CCCc2ccccc21. The fourth-order valence-electron chi connectivity index (χ4n) is 2.56. The van der Waals surface area contributed by atoms with E-state index >= 15 is 0 Å². The van der Waals surface area contributed by atoms with Gasteiger partial charge in [0.1, 0.15) is 6.04 Å². The lowest BCUT2D eigenvalue weighted by molar-refractivity contribution is 0.0342. The monoisotopic (exact) mass is 258 g/mol. The van der Waals surface area contributed by atoms with Gasteiger partial charge in [-0.1, -0.05) is 31.2 Å². The van der Waals surface area contributed by atoms with Crippen LogP contribution in [-0.2, 0) is 11.2 Å². The highest BCUT2D eigenvalue weighted by molar-refractivity contribution is 5.31. The molecular formula is C16H22N2O. The van der Waals surface area contributed by atoms with Gasteiger partial charge < -0.3 is 10.1 Å². The third kappa shape index (κ3) is 3.79. The lowest BCUT2D eigenvalue weighted by Gasteiger charge is -2.26. The topological polar surface area (TPSA) is 45.0 Å². The molecule has 1 aromatic carbocycles. The van der Waals surface area contributed by atoms with Crippen LogP contribution in [0.2, 0.25) is 0 Å². The van der Waals surface area contributed by atoms with E-state index < -0.39 is 0 Å². The maximum atomic E-state index is 9.08. The summed E-state index contributed by atoms with van der Waals surface area (Å²) in [6, 6.07) is 10.6. The van der Waals surface area contributed by atoms with Crippen molar-refractivity contribution in [1.82, 2.24) is 5.32 Å². The van der Waals surface area contributed by atoms with Gasteiger partial charge in [0.15, 0.2) is 0 Å². The van der Waals surface area contributed by atoms with E-state index in [9.17, 15) is 0 Å². The first-order chi connectivity index (χ1) is 9.35. The number of nitrogens with one attached hydrogen (secondary N) is 1. The summed E-state index contributed by atoms with van der Waals surface area (Å²) in [4.78, 5) is 0. The fourth-order valence-corrected chi connectivity index (χ4v) is 2.56. The minimum atomic E-state index is -0.200. The standard InChI is InChI=1S/C16H22N2O/c1-2-10-18-14(11-17)12-19-16-9-5-7-13-6-3-4-8-15(13)16/h3-4,6,8,14,16,18H,2,5,7,9-10,12H2,1H3. The van der Waals surface area contributed by atoms with Crippen LogP contribution >= 0.6 is 0 Å². The lowest BCUT2D eigenvalue weighted by atomic mass is 9.89. The van der Waals surface area contributed by atoms with Gasteiger partial charge in [-0.25, -0.2) is 0 Å². The smallest absolute Gasteiger partial charge is 0.119 e. The average Bonchev–Trinajstić information content (AvgIpc) is 2.47. The summed E-state index contributed by atoms with van der Waals surface area (Å²) in [7, 11) is 0. The number of hydrogen-bond donors (Lipinski definition) is 1. The Morgan fingerprint density at radius 3 is 3.11 bits per heavy atom. The van der Waals surface area contributed by atoms with Crippen LogP contribution in [-0.4, -0.2) is 19.2 Å². The van der Waals surface area contributed by atoms with E-state index in [2.05, 4.69) is 42.6 Å². The fraction of sp³-hybridized carbons (Fsp3) is 0.562. The van der Waals surface area contributed by atoms with Crippen LogP contribution in [0.15, 0.2) is 24.3 Å². The van der Waals surface area contributed by atoms with E-state index in [0.29, 0.717) is 6.61 Å². The molecule has 3 heteroatoms. The van der Waals surface area contributed by atoms with E-state index in [1.165, 1.54) is 17.5 Å². The maximum absolute atomic E-state index is 9.08. The number of fused-ring (bicyclic) bond motifs is 1. The zero-order valence-electron chi connectivity index (χ0n) is 11.6. The van der Waals surface area contributed by atoms with Crippen molar-refractivity contribution in [3.8, 4) is 6.07 Å². The molecule has 0 aliphatic heterocycles. The number of aryl methyl sites for hydroxylation is 1. The van der Waals surface area contributed by atoms with Crippen molar-refractivity contribution >= 4 is 0 Å². The van der Waals surface area contributed by atoms with E-state index in [1.807, 2.05) is 0 Å². The molecular weight excluding hydrogens is 236 g/mol. The third-order valence-electron chi connectivity index (χ3n) is 3.58. The molecule has 0 fully saturated rings. The van der Waals surface area contributed by atoms with Gasteiger partial charge in [-0.05, 0) is 43.4 Å². The number of rotatable bonds is 6. The Labute approximate surface area is 115 Å². The molecule has 0 amide bonds. The van der Waals surface area contributed by atoms with Gasteiger partial charge in [0.05, 0.1) is 18.8 Å². The first kappa shape index (κ1) is 14.0. The van der Waals surface area contributed by atoms with Crippen molar-refractivity contribution in [1.29, 1.82) is 5.26 Å². The minimum absolute atomic E-state index is 0.157. The van der Waals surface area contributed by atoms with Crippen LogP contribution in [0, 0.1) is 11.3 Å². The van der Waals surface area contributed by atoms with Crippen LogP contribution in [0.3, 0.4) is 0 Å². The van der Waals surface area contributed by atoms with Crippen molar-refractivity contribution in [2.75, 3.05) is 13.2 Å². The molecule has 2 atom stereocenters. The van der Waals surface area contributed by atoms with E-state index in [4.69, 9.17) is 10.00 Å². The second kappa shape index (κ2) is 7.28. The van der Waals surface area contributed by atoms with Gasteiger partial charge in [-0.2, -0.15) is 5.26 Å². The van der Waals surface area contributed by atoms with Gasteiger partial charge in [0, 0.05) is 0 Å². The van der Waals surface area contributed by atoms with Gasteiger partial charge in [0.25, 0.3) is 0 Å². The summed E-state index contributed by atoms with van der Waals surface area (Å²) >= 11 is 0. The molecule has 0 bridgehead atoms. The van der Waals surface area contributed by atoms with Crippen molar-refractivity contribution in [2.45, 2.75) is 44.8 Å². The minimum Gasteiger partial charge on any atom is -0.371 e. The molecule has 19 heavy (non-hydrogen) atoms. The maximum Gasteiger partial charge on any atom is 0.119 e. The molecule has 0 spiro atoms. The lowest BCUT2D eigenvalue weighted by Crippen LogP contribution is -2.33. The third-order valence-corrected chi connectivity index (χ3v) is 3.58. The predicted octanol–water partition coefficient (Wildman–Crippen LogP) is 2.97. The van der Waals surface area contributed by atoms with Crippen LogP contribution in [0.25, 0.3) is 0 Å². The molecule has 2 unspecified atom stereocenters. The molecule has 2 rings (SSSR count). The molecule has 0 saturated heterocycles. The van der Waals surface area contributed by atoms with Crippen LogP contribution in [0.5, 0.6) is 0 Å². The van der Waals surface area contributed by atoms with Gasteiger partial charge in [-0.15, -0.1) is 0 Å². The molecule has 102 valence electrons. The summed E-state index contributed by atoms with van der Waals surface area (Å²) in [6.45, 7) is 3.43. The van der Waals surface area contributed by atoms with Crippen LogP contribution in [0.1, 0.15) is 43.4 Å². The van der Waals surface area contributed by atoms with E-state index in [0.717, 1.165) is 25.8 Å². The highest BCUT2D eigenvalue weighted by Gasteiger charge is 2.21. The second-order valence-electron chi connectivity index (χ2n) is 5.05. The molecule has 0 aromatic heterocycles. The Balaban J connectivity index is 1.92. The average molecular weight is 258 g/mol. The zero-order valence-corrected chi connectivity index (χ0v) is 11.6. The van der Waals surface area contributed by atoms with Crippen molar-refractivity contribution in [2.24, 2.45) is 0 Å². The molecule has 0 radical (unpaired) electrons. The Morgan fingerprint density at radius 2 is 2.32 bits per heavy atom. The summed E-state index contributed by atoms with van der Waals surface area (Å²) in [5.74, 6) is 0. The van der Waals surface area contributed by atoms with Crippen molar-refractivity contribution in [3.63, 3.8) is 0 Å². The predicted molar refractivity (Wildman–Crippen MR) is 75.8 cm³/mol. The van der Waals surface area contributed by atoms with Crippen LogP contribution in [0.4, 0.5) is 0 Å². The van der Waals surface area contributed by atoms with Crippen LogP contribution < -0.4 is 5.32 Å². The van der Waals surface area contributed by atoms with E-state index in [1.54, 1.807) is 0 Å². The quantitative estimate of drug-likeness (QED) is 0.853. The van der Waals surface area contributed by atoms with Crippen molar-refractivity contribution < 1.29 is 4.74 Å². The van der Waals surface area contributed by atoms with Gasteiger partial charge in [-0.3, -0.25) is 0 Å². The Morgan fingerprint density at radius 1 is 1.47 bits per heavy atom. The highest BCUT2D eigenvalue weighted by Crippen LogP contribution is 2.32.